The number of amides is 1. The SMILES string of the molecule is COc1ccc(S(=O)(=O)n2cc(CCN(C)C(=O)OC(C)(C)C)cc2-c2cccnc2C#N)cn1. The number of nitriles is 1. The first-order valence-electron chi connectivity index (χ1n) is 10.7. The molecular formula is C24H27N5O5S. The molecular weight excluding hydrogens is 470 g/mol. The first-order valence-corrected chi connectivity index (χ1v) is 12.2. The quantitative estimate of drug-likeness (QED) is 0.485. The van der Waals surface area contributed by atoms with Gasteiger partial charge < -0.3 is 14.4 Å². The fourth-order valence-electron chi connectivity index (χ4n) is 3.21. The average Bonchev–Trinajstić information content (AvgIpc) is 3.26. The van der Waals surface area contributed by atoms with Gasteiger partial charge in [-0.2, -0.15) is 5.26 Å². The minimum absolute atomic E-state index is 0.0463. The lowest BCUT2D eigenvalue weighted by molar-refractivity contribution is 0.0300. The van der Waals surface area contributed by atoms with Crippen molar-refractivity contribution in [3.05, 3.63) is 60.2 Å². The summed E-state index contributed by atoms with van der Waals surface area (Å²) in [5.74, 6) is 0.279. The van der Waals surface area contributed by atoms with Crippen LogP contribution in [0.5, 0.6) is 5.88 Å². The average molecular weight is 498 g/mol. The van der Waals surface area contributed by atoms with E-state index in [0.717, 1.165) is 3.97 Å². The number of ether oxygens (including phenoxy) is 2. The van der Waals surface area contributed by atoms with E-state index in [-0.39, 0.29) is 22.2 Å². The Morgan fingerprint density at radius 3 is 2.57 bits per heavy atom. The minimum Gasteiger partial charge on any atom is -0.481 e. The Hall–Kier alpha value is -3.91. The molecule has 3 aromatic rings. The van der Waals surface area contributed by atoms with Gasteiger partial charge in [-0.25, -0.2) is 27.2 Å². The van der Waals surface area contributed by atoms with Gasteiger partial charge in [-0.05, 0) is 57.0 Å². The highest BCUT2D eigenvalue weighted by Crippen LogP contribution is 2.29. The lowest BCUT2D eigenvalue weighted by Crippen LogP contribution is -2.35. The molecule has 3 heterocycles. The van der Waals surface area contributed by atoms with Crippen LogP contribution in [0.1, 0.15) is 32.0 Å². The number of carbonyl (C=O) groups is 1. The summed E-state index contributed by atoms with van der Waals surface area (Å²) < 4.78 is 38.6. The van der Waals surface area contributed by atoms with Crippen molar-refractivity contribution in [2.45, 2.75) is 37.7 Å². The number of aromatic nitrogens is 3. The van der Waals surface area contributed by atoms with Crippen LogP contribution >= 0.6 is 0 Å². The predicted octanol–water partition coefficient (Wildman–Crippen LogP) is 3.47. The number of pyridine rings is 2. The number of hydrogen-bond donors (Lipinski definition) is 0. The highest BCUT2D eigenvalue weighted by Gasteiger charge is 2.25. The molecule has 0 bridgehead atoms. The maximum atomic E-state index is 13.5. The Bertz CT molecular complexity index is 1350. The van der Waals surface area contributed by atoms with E-state index in [1.165, 1.54) is 42.7 Å². The summed E-state index contributed by atoms with van der Waals surface area (Å²) in [6, 6.07) is 9.80. The molecule has 0 N–H and O–H groups in total. The second-order valence-electron chi connectivity index (χ2n) is 8.73. The van der Waals surface area contributed by atoms with Crippen LogP contribution in [-0.4, -0.2) is 59.7 Å². The van der Waals surface area contributed by atoms with Gasteiger partial charge in [0.1, 0.15) is 22.3 Å². The molecule has 0 saturated carbocycles. The van der Waals surface area contributed by atoms with Crippen molar-refractivity contribution in [2.24, 2.45) is 0 Å². The van der Waals surface area contributed by atoms with Crippen LogP contribution in [-0.2, 0) is 21.2 Å². The summed E-state index contributed by atoms with van der Waals surface area (Å²) in [6.07, 6.45) is 4.03. The zero-order chi connectivity index (χ0) is 25.8. The van der Waals surface area contributed by atoms with Crippen LogP contribution in [0, 0.1) is 11.3 Å². The zero-order valence-corrected chi connectivity index (χ0v) is 21.0. The Labute approximate surface area is 204 Å². The van der Waals surface area contributed by atoms with E-state index in [2.05, 4.69) is 9.97 Å². The first-order chi connectivity index (χ1) is 16.5. The third-order valence-electron chi connectivity index (χ3n) is 4.95. The summed E-state index contributed by atoms with van der Waals surface area (Å²) >= 11 is 0. The smallest absolute Gasteiger partial charge is 0.410 e. The van der Waals surface area contributed by atoms with Crippen LogP contribution in [0.15, 0.2) is 53.8 Å². The van der Waals surface area contributed by atoms with Gasteiger partial charge in [0.25, 0.3) is 10.0 Å². The molecule has 0 fully saturated rings. The topological polar surface area (TPSA) is 127 Å². The summed E-state index contributed by atoms with van der Waals surface area (Å²) in [7, 11) is -1.02. The number of methoxy groups -OCH3 is 1. The summed E-state index contributed by atoms with van der Waals surface area (Å²) in [5.41, 5.74) is 0.753. The highest BCUT2D eigenvalue weighted by molar-refractivity contribution is 7.90. The van der Waals surface area contributed by atoms with Gasteiger partial charge in [0.15, 0.2) is 0 Å². The van der Waals surface area contributed by atoms with Gasteiger partial charge in [0, 0.05) is 37.6 Å². The third kappa shape index (κ3) is 5.96. The van der Waals surface area contributed by atoms with E-state index < -0.39 is 21.7 Å². The summed E-state index contributed by atoms with van der Waals surface area (Å²) in [5, 5.41) is 9.53. The first kappa shape index (κ1) is 25.7. The Balaban J connectivity index is 2.01. The van der Waals surface area contributed by atoms with Crippen LogP contribution in [0.25, 0.3) is 11.3 Å². The zero-order valence-electron chi connectivity index (χ0n) is 20.2. The van der Waals surface area contributed by atoms with E-state index >= 15 is 0 Å². The lowest BCUT2D eigenvalue weighted by Gasteiger charge is -2.24. The van der Waals surface area contributed by atoms with Crippen molar-refractivity contribution in [1.82, 2.24) is 18.8 Å². The van der Waals surface area contributed by atoms with E-state index in [0.29, 0.717) is 24.1 Å². The van der Waals surface area contributed by atoms with Gasteiger partial charge in [0.2, 0.25) is 5.88 Å². The molecule has 0 aliphatic carbocycles. The molecule has 1 amide bonds. The third-order valence-corrected chi connectivity index (χ3v) is 6.61. The van der Waals surface area contributed by atoms with E-state index in [9.17, 15) is 18.5 Å². The molecule has 184 valence electrons. The Morgan fingerprint density at radius 2 is 1.97 bits per heavy atom. The number of hydrogen-bond acceptors (Lipinski definition) is 8. The molecule has 3 rings (SSSR count). The van der Waals surface area contributed by atoms with Gasteiger partial charge in [-0.15, -0.1) is 0 Å². The lowest BCUT2D eigenvalue weighted by atomic mass is 10.1. The monoisotopic (exact) mass is 497 g/mol. The molecule has 10 nitrogen and oxygen atoms in total. The Morgan fingerprint density at radius 1 is 1.23 bits per heavy atom. The fraction of sp³-hybridized carbons (Fsp3) is 0.333. The second-order valence-corrected chi connectivity index (χ2v) is 10.5. The molecule has 0 aromatic carbocycles. The molecule has 11 heteroatoms. The molecule has 0 spiro atoms. The van der Waals surface area contributed by atoms with Crippen LogP contribution in [0.3, 0.4) is 0 Å². The summed E-state index contributed by atoms with van der Waals surface area (Å²) in [6.45, 7) is 5.64. The van der Waals surface area contributed by atoms with Crippen molar-refractivity contribution in [1.29, 1.82) is 5.26 Å². The van der Waals surface area contributed by atoms with Gasteiger partial charge in [0.05, 0.1) is 19.0 Å². The minimum atomic E-state index is -4.07. The molecule has 3 aromatic heterocycles. The molecule has 0 saturated heterocycles. The molecule has 0 aliphatic rings. The molecule has 0 atom stereocenters. The van der Waals surface area contributed by atoms with Crippen molar-refractivity contribution in [2.75, 3.05) is 20.7 Å². The summed E-state index contributed by atoms with van der Waals surface area (Å²) in [4.78, 5) is 21.7. The largest absolute Gasteiger partial charge is 0.481 e. The maximum absolute atomic E-state index is 13.5. The second kappa shape index (κ2) is 10.1. The standard InChI is InChI=1S/C24H27N5O5S/c1-24(2,3)34-23(30)28(4)12-10-17-13-21(19-7-6-11-26-20(19)14-25)29(16-17)35(31,32)18-8-9-22(33-5)27-15-18/h6-9,11,13,15-16H,10,12H2,1-5H3. The number of rotatable bonds is 7. The highest BCUT2D eigenvalue weighted by atomic mass is 32.2. The van der Waals surface area contributed by atoms with Crippen molar-refractivity contribution >= 4 is 16.1 Å². The maximum Gasteiger partial charge on any atom is 0.410 e. The predicted molar refractivity (Wildman–Crippen MR) is 128 cm³/mol. The van der Waals surface area contributed by atoms with Crippen LogP contribution in [0.4, 0.5) is 4.79 Å². The van der Waals surface area contributed by atoms with Crippen molar-refractivity contribution < 1.29 is 22.7 Å². The molecule has 0 unspecified atom stereocenters. The van der Waals surface area contributed by atoms with Gasteiger partial charge >= 0.3 is 6.09 Å². The number of carbonyl (C=O) groups excluding carboxylic acids is 1. The normalized spacial score (nSPS) is 11.5. The Kier molecular flexibility index (Phi) is 7.45. The van der Waals surface area contributed by atoms with Crippen molar-refractivity contribution in [3.63, 3.8) is 0 Å². The van der Waals surface area contributed by atoms with Crippen molar-refractivity contribution in [3.8, 4) is 23.2 Å². The fourth-order valence-corrected chi connectivity index (χ4v) is 4.55. The molecule has 0 radical (unpaired) electrons. The molecule has 35 heavy (non-hydrogen) atoms. The van der Waals surface area contributed by atoms with Gasteiger partial charge in [-0.1, -0.05) is 0 Å². The van der Waals surface area contributed by atoms with Crippen LogP contribution in [0.2, 0.25) is 0 Å². The van der Waals surface area contributed by atoms with Gasteiger partial charge in [-0.3, -0.25) is 0 Å². The van der Waals surface area contributed by atoms with E-state index in [1.807, 2.05) is 6.07 Å². The van der Waals surface area contributed by atoms with E-state index in [4.69, 9.17) is 9.47 Å². The van der Waals surface area contributed by atoms with E-state index in [1.54, 1.807) is 46.0 Å². The van der Waals surface area contributed by atoms with Crippen LogP contribution < -0.4 is 4.74 Å². The number of nitrogens with zero attached hydrogens (tertiary/aromatic N) is 5. The molecule has 0 aliphatic heterocycles. The number of likely N-dealkylation sites (N-methyl/N-ethyl adjacent to an activating group) is 1.